The number of para-hydroxylation sites is 2. The largest absolute Gasteiger partial charge is 0.453 e. The SMILES string of the molecule is C.COC(=O)N1CCCC(C=O)C1.COC(=O)N1CCCC(CNc2ccccc2)C1.Nc1ccccc1. The maximum Gasteiger partial charge on any atom is 0.409 e. The first-order valence-corrected chi connectivity index (χ1v) is 12.7. The molecule has 2 atom stereocenters. The van der Waals surface area contributed by atoms with E-state index in [-0.39, 0.29) is 25.5 Å². The van der Waals surface area contributed by atoms with Gasteiger partial charge in [-0.25, -0.2) is 9.59 Å². The summed E-state index contributed by atoms with van der Waals surface area (Å²) in [5.41, 5.74) is 7.31. The summed E-state index contributed by atoms with van der Waals surface area (Å²) in [4.78, 5) is 36.3. The van der Waals surface area contributed by atoms with Crippen molar-refractivity contribution in [2.45, 2.75) is 33.1 Å². The molecule has 2 unspecified atom stereocenters. The monoisotopic (exact) mass is 528 g/mol. The van der Waals surface area contributed by atoms with Gasteiger partial charge in [-0.1, -0.05) is 43.8 Å². The van der Waals surface area contributed by atoms with Gasteiger partial charge in [0.05, 0.1) is 14.2 Å². The third kappa shape index (κ3) is 12.0. The zero-order chi connectivity index (χ0) is 26.9. The second-order valence-electron chi connectivity index (χ2n) is 9.04. The van der Waals surface area contributed by atoms with Crippen LogP contribution >= 0.6 is 0 Å². The van der Waals surface area contributed by atoms with E-state index in [4.69, 9.17) is 10.5 Å². The van der Waals surface area contributed by atoms with Gasteiger partial charge >= 0.3 is 12.2 Å². The highest BCUT2D eigenvalue weighted by Gasteiger charge is 2.24. The number of amides is 2. The smallest absolute Gasteiger partial charge is 0.409 e. The van der Waals surface area contributed by atoms with E-state index >= 15 is 0 Å². The molecule has 38 heavy (non-hydrogen) atoms. The molecule has 2 heterocycles. The van der Waals surface area contributed by atoms with E-state index in [1.54, 1.807) is 9.80 Å². The first kappa shape index (κ1) is 32.3. The number of rotatable bonds is 4. The average molecular weight is 529 g/mol. The number of hydrogen-bond acceptors (Lipinski definition) is 7. The average Bonchev–Trinajstić information content (AvgIpc) is 2.97. The van der Waals surface area contributed by atoms with Crippen LogP contribution in [0, 0.1) is 11.8 Å². The Morgan fingerprint density at radius 2 is 1.42 bits per heavy atom. The molecular weight excluding hydrogens is 484 g/mol. The van der Waals surface area contributed by atoms with E-state index in [0.717, 1.165) is 63.0 Å². The van der Waals surface area contributed by atoms with Crippen molar-refractivity contribution in [3.05, 3.63) is 60.7 Å². The lowest BCUT2D eigenvalue weighted by Gasteiger charge is -2.31. The summed E-state index contributed by atoms with van der Waals surface area (Å²) >= 11 is 0. The topological polar surface area (TPSA) is 114 Å². The molecule has 2 aromatic carbocycles. The lowest BCUT2D eigenvalue weighted by Crippen LogP contribution is -2.41. The summed E-state index contributed by atoms with van der Waals surface area (Å²) in [6.07, 6.45) is 4.36. The first-order chi connectivity index (χ1) is 18.0. The van der Waals surface area contributed by atoms with Gasteiger partial charge in [-0.15, -0.1) is 0 Å². The summed E-state index contributed by atoms with van der Waals surface area (Å²) in [6, 6.07) is 19.6. The van der Waals surface area contributed by atoms with Crippen LogP contribution in [0.4, 0.5) is 21.0 Å². The number of nitrogens with one attached hydrogen (secondary N) is 1. The number of methoxy groups -OCH3 is 2. The van der Waals surface area contributed by atoms with Crippen LogP contribution in [0.3, 0.4) is 0 Å². The van der Waals surface area contributed by atoms with Gasteiger partial charge in [0.2, 0.25) is 0 Å². The fourth-order valence-corrected chi connectivity index (χ4v) is 4.21. The Labute approximate surface area is 227 Å². The molecular formula is C29H44N4O5. The minimum atomic E-state index is -0.332. The maximum atomic E-state index is 11.5. The number of nitrogens with two attached hydrogens (primary N) is 1. The first-order valence-electron chi connectivity index (χ1n) is 12.7. The third-order valence-electron chi connectivity index (χ3n) is 6.20. The van der Waals surface area contributed by atoms with Gasteiger partial charge in [0.25, 0.3) is 0 Å². The lowest BCUT2D eigenvalue weighted by atomic mass is 9.98. The van der Waals surface area contributed by atoms with Crippen LogP contribution in [0.5, 0.6) is 0 Å². The number of benzene rings is 2. The molecule has 0 spiro atoms. The van der Waals surface area contributed by atoms with E-state index in [1.165, 1.54) is 14.2 Å². The Kier molecular flexibility index (Phi) is 15.7. The summed E-state index contributed by atoms with van der Waals surface area (Å²) in [7, 11) is 2.79. The van der Waals surface area contributed by atoms with Crippen molar-refractivity contribution in [3.8, 4) is 0 Å². The van der Waals surface area contributed by atoms with Crippen molar-refractivity contribution in [1.29, 1.82) is 0 Å². The minimum Gasteiger partial charge on any atom is -0.453 e. The van der Waals surface area contributed by atoms with Crippen LogP contribution in [0.1, 0.15) is 33.1 Å². The number of piperidine rings is 2. The van der Waals surface area contributed by atoms with E-state index in [9.17, 15) is 14.4 Å². The van der Waals surface area contributed by atoms with Gasteiger partial charge in [-0.3, -0.25) is 0 Å². The molecule has 3 N–H and O–H groups in total. The van der Waals surface area contributed by atoms with E-state index < -0.39 is 0 Å². The van der Waals surface area contributed by atoms with E-state index in [1.807, 2.05) is 48.5 Å². The van der Waals surface area contributed by atoms with Gasteiger partial charge in [0.1, 0.15) is 6.29 Å². The summed E-state index contributed by atoms with van der Waals surface area (Å²) in [5.74, 6) is 0.496. The molecule has 2 fully saturated rings. The molecule has 2 aromatic rings. The highest BCUT2D eigenvalue weighted by atomic mass is 16.5. The molecule has 0 saturated carbocycles. The van der Waals surface area contributed by atoms with Crippen molar-refractivity contribution >= 4 is 29.8 Å². The molecule has 0 aromatic heterocycles. The van der Waals surface area contributed by atoms with Crippen LogP contribution in [-0.2, 0) is 14.3 Å². The summed E-state index contributed by atoms with van der Waals surface area (Å²) in [5, 5.41) is 3.41. The van der Waals surface area contributed by atoms with Crippen molar-refractivity contribution < 1.29 is 23.9 Å². The molecule has 9 nitrogen and oxygen atoms in total. The van der Waals surface area contributed by atoms with Gasteiger partial charge in [0.15, 0.2) is 0 Å². The number of carbonyl (C=O) groups excluding carboxylic acids is 3. The normalized spacial score (nSPS) is 18.2. The van der Waals surface area contributed by atoms with Gasteiger partial charge < -0.3 is 35.1 Å². The molecule has 9 heteroatoms. The van der Waals surface area contributed by atoms with Crippen molar-refractivity contribution in [1.82, 2.24) is 9.80 Å². The van der Waals surface area contributed by atoms with Crippen LogP contribution in [0.15, 0.2) is 60.7 Å². The predicted molar refractivity (Wildman–Crippen MR) is 152 cm³/mol. The number of hydrogen-bond donors (Lipinski definition) is 2. The number of aldehydes is 1. The number of nitrogen functional groups attached to an aromatic ring is 1. The van der Waals surface area contributed by atoms with E-state index in [0.29, 0.717) is 19.0 Å². The Hall–Kier alpha value is -3.75. The van der Waals surface area contributed by atoms with Crippen molar-refractivity contribution in [3.63, 3.8) is 0 Å². The molecule has 0 aliphatic carbocycles. The Morgan fingerprint density at radius 3 is 1.92 bits per heavy atom. The fraction of sp³-hybridized carbons (Fsp3) is 0.483. The molecule has 2 amide bonds. The Balaban J connectivity index is 0.000000311. The molecule has 2 aliphatic heterocycles. The standard InChI is InChI=1S/C14H20N2O2.C8H13NO3.C6H7N.CH4/c1-18-14(17)16-9-5-6-12(11-16)10-15-13-7-3-2-4-8-13;1-12-8(11)9-4-2-3-7(5-9)6-10;7-6-4-2-1-3-5-6;/h2-4,7-8,12,15H,5-6,9-11H2,1H3;6-7H,2-5H2,1H3;1-5H,7H2;1H4. The molecule has 2 aliphatic rings. The van der Waals surface area contributed by atoms with Gasteiger partial charge in [0, 0.05) is 50.0 Å². The second kappa shape index (κ2) is 18.5. The predicted octanol–water partition coefficient (Wildman–Crippen LogP) is 5.15. The number of likely N-dealkylation sites (tertiary alicyclic amines) is 2. The molecule has 0 radical (unpaired) electrons. The molecule has 210 valence electrons. The second-order valence-corrected chi connectivity index (χ2v) is 9.04. The van der Waals surface area contributed by atoms with Crippen LogP contribution in [-0.4, -0.2) is 75.2 Å². The number of ether oxygens (including phenoxy) is 2. The highest BCUT2D eigenvalue weighted by Crippen LogP contribution is 2.18. The highest BCUT2D eigenvalue weighted by molar-refractivity contribution is 5.68. The van der Waals surface area contributed by atoms with Crippen LogP contribution in [0.2, 0.25) is 0 Å². The third-order valence-corrected chi connectivity index (χ3v) is 6.20. The van der Waals surface area contributed by atoms with Crippen molar-refractivity contribution in [2.75, 3.05) is 58.0 Å². The fourth-order valence-electron chi connectivity index (χ4n) is 4.21. The lowest BCUT2D eigenvalue weighted by molar-refractivity contribution is -0.112. The zero-order valence-corrected chi connectivity index (χ0v) is 21.9. The number of carbonyl (C=O) groups is 3. The maximum absolute atomic E-state index is 11.5. The van der Waals surface area contributed by atoms with Crippen LogP contribution in [0.25, 0.3) is 0 Å². The molecule has 0 bridgehead atoms. The quantitative estimate of drug-likeness (QED) is 0.417. The minimum absolute atomic E-state index is 0. The number of nitrogens with zero attached hydrogens (tertiary/aromatic N) is 2. The van der Waals surface area contributed by atoms with Crippen molar-refractivity contribution in [2.24, 2.45) is 11.8 Å². The van der Waals surface area contributed by atoms with Gasteiger partial charge in [-0.2, -0.15) is 0 Å². The number of anilines is 2. The van der Waals surface area contributed by atoms with Crippen LogP contribution < -0.4 is 11.1 Å². The zero-order valence-electron chi connectivity index (χ0n) is 21.9. The molecule has 4 rings (SSSR count). The molecule has 2 saturated heterocycles. The summed E-state index contributed by atoms with van der Waals surface area (Å²) in [6.45, 7) is 3.71. The van der Waals surface area contributed by atoms with Gasteiger partial charge in [-0.05, 0) is 55.9 Å². The Bertz CT molecular complexity index is 929. The summed E-state index contributed by atoms with van der Waals surface area (Å²) < 4.78 is 9.32. The Morgan fingerprint density at radius 1 is 0.895 bits per heavy atom. The van der Waals surface area contributed by atoms with E-state index in [2.05, 4.69) is 22.2 Å².